The van der Waals surface area contributed by atoms with E-state index in [4.69, 9.17) is 0 Å². The van der Waals surface area contributed by atoms with E-state index in [1.807, 2.05) is 0 Å². The van der Waals surface area contributed by atoms with Crippen LogP contribution in [0.25, 0.3) is 0 Å². The molecule has 0 saturated heterocycles. The van der Waals surface area contributed by atoms with Crippen molar-refractivity contribution in [2.75, 3.05) is 4.43 Å². The summed E-state index contributed by atoms with van der Waals surface area (Å²) in [6.45, 7) is 0. The smallest absolute Gasteiger partial charge is 0.00264 e. The number of alkyl halides is 1. The largest absolute Gasteiger partial charge is 0.0861 e. The molecule has 0 spiro atoms. The van der Waals surface area contributed by atoms with Crippen LogP contribution in [0.3, 0.4) is 0 Å². The second kappa shape index (κ2) is 3.00. The summed E-state index contributed by atoms with van der Waals surface area (Å²) in [6.07, 6.45) is 7.78. The van der Waals surface area contributed by atoms with Crippen LogP contribution in [-0.4, -0.2) is 4.43 Å². The van der Waals surface area contributed by atoms with Gasteiger partial charge in [0.1, 0.15) is 0 Å². The van der Waals surface area contributed by atoms with Gasteiger partial charge in [0.25, 0.3) is 0 Å². The SMILES string of the molecule is ICC1CC2CCC1CC2. The van der Waals surface area contributed by atoms with E-state index in [1.54, 1.807) is 32.1 Å². The lowest BCUT2D eigenvalue weighted by Crippen LogP contribution is -2.31. The molecule has 3 fully saturated rings. The Morgan fingerprint density at radius 3 is 2.10 bits per heavy atom. The van der Waals surface area contributed by atoms with Gasteiger partial charge in [0.15, 0.2) is 0 Å². The van der Waals surface area contributed by atoms with Crippen molar-refractivity contribution in [3.8, 4) is 0 Å². The molecule has 10 heavy (non-hydrogen) atoms. The number of rotatable bonds is 1. The Bertz CT molecular complexity index is 114. The van der Waals surface area contributed by atoms with E-state index in [0.29, 0.717) is 0 Å². The summed E-state index contributed by atoms with van der Waals surface area (Å²) in [5, 5.41) is 0. The summed E-state index contributed by atoms with van der Waals surface area (Å²) >= 11 is 2.57. The molecule has 0 heterocycles. The Kier molecular flexibility index (Phi) is 2.21. The molecule has 0 radical (unpaired) electrons. The molecule has 58 valence electrons. The zero-order chi connectivity index (χ0) is 6.97. The second-order valence-corrected chi connectivity index (χ2v) is 4.81. The van der Waals surface area contributed by atoms with Crippen molar-refractivity contribution < 1.29 is 0 Å². The van der Waals surface area contributed by atoms with Crippen molar-refractivity contribution in [3.63, 3.8) is 0 Å². The van der Waals surface area contributed by atoms with E-state index in [-0.39, 0.29) is 0 Å². The zero-order valence-electron chi connectivity index (χ0n) is 6.35. The van der Waals surface area contributed by atoms with E-state index in [1.165, 1.54) is 4.43 Å². The number of hydrogen-bond acceptors (Lipinski definition) is 0. The lowest BCUT2D eigenvalue weighted by molar-refractivity contribution is 0.116. The highest BCUT2D eigenvalue weighted by molar-refractivity contribution is 14.1. The molecule has 3 saturated carbocycles. The molecular formula is C9H15I. The van der Waals surface area contributed by atoms with Gasteiger partial charge in [-0.05, 0) is 37.0 Å². The van der Waals surface area contributed by atoms with Crippen LogP contribution >= 0.6 is 22.6 Å². The van der Waals surface area contributed by atoms with E-state index in [9.17, 15) is 0 Å². The molecule has 1 atom stereocenters. The van der Waals surface area contributed by atoms with E-state index < -0.39 is 0 Å². The van der Waals surface area contributed by atoms with Gasteiger partial charge in [-0.15, -0.1) is 0 Å². The summed E-state index contributed by atoms with van der Waals surface area (Å²) in [7, 11) is 0. The minimum absolute atomic E-state index is 1.10. The number of fused-ring (bicyclic) bond motifs is 3. The average Bonchev–Trinajstić information content (AvgIpc) is 2.06. The van der Waals surface area contributed by atoms with Crippen molar-refractivity contribution in [2.24, 2.45) is 17.8 Å². The van der Waals surface area contributed by atoms with Crippen LogP contribution in [0.2, 0.25) is 0 Å². The molecule has 0 aliphatic heterocycles. The third-order valence-electron chi connectivity index (χ3n) is 3.39. The molecule has 3 aliphatic rings. The van der Waals surface area contributed by atoms with Gasteiger partial charge in [-0.3, -0.25) is 0 Å². The summed E-state index contributed by atoms with van der Waals surface area (Å²) in [5.41, 5.74) is 0. The fraction of sp³-hybridized carbons (Fsp3) is 1.00. The highest BCUT2D eigenvalue weighted by Crippen LogP contribution is 2.45. The summed E-state index contributed by atoms with van der Waals surface area (Å²) < 4.78 is 1.42. The normalized spacial score (nSPS) is 45.9. The maximum Gasteiger partial charge on any atom is 0.00264 e. The van der Waals surface area contributed by atoms with Gasteiger partial charge in [0.05, 0.1) is 0 Å². The third-order valence-corrected chi connectivity index (χ3v) is 4.52. The van der Waals surface area contributed by atoms with Crippen LogP contribution in [0.4, 0.5) is 0 Å². The lowest BCUT2D eigenvalue weighted by Gasteiger charge is -2.41. The highest BCUT2D eigenvalue weighted by atomic mass is 127. The van der Waals surface area contributed by atoms with Gasteiger partial charge in [-0.1, -0.05) is 35.4 Å². The minimum atomic E-state index is 1.10. The summed E-state index contributed by atoms with van der Waals surface area (Å²) in [4.78, 5) is 0. The summed E-state index contributed by atoms with van der Waals surface area (Å²) in [6, 6.07) is 0. The maximum atomic E-state index is 2.57. The molecule has 0 N–H and O–H groups in total. The van der Waals surface area contributed by atoms with Crippen molar-refractivity contribution >= 4 is 22.6 Å². The van der Waals surface area contributed by atoms with Gasteiger partial charge in [-0.2, -0.15) is 0 Å². The highest BCUT2D eigenvalue weighted by Gasteiger charge is 2.34. The van der Waals surface area contributed by atoms with Gasteiger partial charge in [0, 0.05) is 4.43 Å². The van der Waals surface area contributed by atoms with Gasteiger partial charge >= 0.3 is 0 Å². The maximum absolute atomic E-state index is 2.57. The standard InChI is InChI=1S/C9H15I/c10-6-9-5-7-1-3-8(9)4-2-7/h7-9H,1-6H2. The first-order valence-electron chi connectivity index (χ1n) is 4.46. The van der Waals surface area contributed by atoms with Crippen molar-refractivity contribution in [2.45, 2.75) is 32.1 Å². The molecule has 0 aromatic heterocycles. The summed E-state index contributed by atoms with van der Waals surface area (Å²) in [5.74, 6) is 3.36. The minimum Gasteiger partial charge on any atom is -0.0861 e. The Balaban J connectivity index is 2.01. The van der Waals surface area contributed by atoms with E-state index in [2.05, 4.69) is 22.6 Å². The van der Waals surface area contributed by atoms with Crippen LogP contribution in [-0.2, 0) is 0 Å². The predicted octanol–water partition coefficient (Wildman–Crippen LogP) is 3.25. The fourth-order valence-electron chi connectivity index (χ4n) is 2.70. The van der Waals surface area contributed by atoms with E-state index in [0.717, 1.165) is 17.8 Å². The first-order chi connectivity index (χ1) is 4.90. The molecule has 3 aliphatic carbocycles. The molecule has 1 heteroatoms. The zero-order valence-corrected chi connectivity index (χ0v) is 8.51. The molecule has 0 aromatic carbocycles. The van der Waals surface area contributed by atoms with Crippen molar-refractivity contribution in [1.82, 2.24) is 0 Å². The molecular weight excluding hydrogens is 235 g/mol. The molecule has 1 unspecified atom stereocenters. The Morgan fingerprint density at radius 2 is 1.80 bits per heavy atom. The van der Waals surface area contributed by atoms with Crippen LogP contribution in [0.5, 0.6) is 0 Å². The van der Waals surface area contributed by atoms with Crippen LogP contribution in [0.1, 0.15) is 32.1 Å². The number of hydrogen-bond donors (Lipinski definition) is 0. The Labute approximate surface area is 76.9 Å². The van der Waals surface area contributed by atoms with Crippen molar-refractivity contribution in [3.05, 3.63) is 0 Å². The average molecular weight is 250 g/mol. The topological polar surface area (TPSA) is 0 Å². The Hall–Kier alpha value is 0.730. The molecule has 0 aromatic rings. The molecule has 2 bridgehead atoms. The van der Waals surface area contributed by atoms with E-state index >= 15 is 0 Å². The third kappa shape index (κ3) is 1.21. The first kappa shape index (κ1) is 7.38. The van der Waals surface area contributed by atoms with Crippen molar-refractivity contribution in [1.29, 1.82) is 0 Å². The van der Waals surface area contributed by atoms with Crippen LogP contribution in [0, 0.1) is 17.8 Å². The predicted molar refractivity (Wildman–Crippen MR) is 52.4 cm³/mol. The monoisotopic (exact) mass is 250 g/mol. The Morgan fingerprint density at radius 1 is 1.10 bits per heavy atom. The molecule has 3 rings (SSSR count). The van der Waals surface area contributed by atoms with Gasteiger partial charge in [-0.25, -0.2) is 0 Å². The number of halogens is 1. The molecule has 0 amide bonds. The lowest BCUT2D eigenvalue weighted by atomic mass is 9.65. The second-order valence-electron chi connectivity index (χ2n) is 3.93. The molecule has 0 nitrogen and oxygen atoms in total. The van der Waals surface area contributed by atoms with Crippen LogP contribution < -0.4 is 0 Å². The van der Waals surface area contributed by atoms with Crippen LogP contribution in [0.15, 0.2) is 0 Å². The van der Waals surface area contributed by atoms with Gasteiger partial charge in [0.2, 0.25) is 0 Å². The quantitative estimate of drug-likeness (QED) is 0.495. The van der Waals surface area contributed by atoms with Gasteiger partial charge < -0.3 is 0 Å². The first-order valence-corrected chi connectivity index (χ1v) is 5.98. The fourth-order valence-corrected chi connectivity index (χ4v) is 3.78.